The standard InChI is InChI=1S/C17H29NOS/c1-6-9-18-17(12-20(19)11-13(2)3)16-8-7-14(4)15(5)10-16/h7-8,10,13,17-18H,6,9,11-12H2,1-5H3. The summed E-state index contributed by atoms with van der Waals surface area (Å²) in [6.45, 7) is 11.7. The Labute approximate surface area is 126 Å². The SMILES string of the molecule is CCCNC(CS(=O)CC(C)C)c1ccc(C)c(C)c1. The Morgan fingerprint density at radius 2 is 1.85 bits per heavy atom. The van der Waals surface area contributed by atoms with E-state index in [-0.39, 0.29) is 6.04 Å². The topological polar surface area (TPSA) is 29.1 Å². The van der Waals surface area contributed by atoms with E-state index >= 15 is 0 Å². The second-order valence-electron chi connectivity index (χ2n) is 6.02. The average Bonchev–Trinajstić information content (AvgIpc) is 2.37. The maximum Gasteiger partial charge on any atom is 0.0436 e. The summed E-state index contributed by atoms with van der Waals surface area (Å²) in [5.41, 5.74) is 3.88. The second kappa shape index (κ2) is 8.58. The zero-order valence-corrected chi connectivity index (χ0v) is 14.3. The average molecular weight is 295 g/mol. The molecule has 2 unspecified atom stereocenters. The molecule has 1 aromatic rings. The van der Waals surface area contributed by atoms with Crippen LogP contribution in [0.4, 0.5) is 0 Å². The molecule has 3 heteroatoms. The smallest absolute Gasteiger partial charge is 0.0436 e. The van der Waals surface area contributed by atoms with Gasteiger partial charge in [-0.25, -0.2) is 0 Å². The molecular formula is C17H29NOS. The molecule has 0 aromatic heterocycles. The molecule has 0 aliphatic carbocycles. The molecule has 1 aromatic carbocycles. The molecule has 0 saturated carbocycles. The quantitative estimate of drug-likeness (QED) is 0.791. The molecule has 0 spiro atoms. The first-order chi connectivity index (χ1) is 9.43. The van der Waals surface area contributed by atoms with Gasteiger partial charge in [-0.1, -0.05) is 39.0 Å². The summed E-state index contributed by atoms with van der Waals surface area (Å²) < 4.78 is 12.2. The van der Waals surface area contributed by atoms with Gasteiger partial charge >= 0.3 is 0 Å². The Hall–Kier alpha value is -0.670. The van der Waals surface area contributed by atoms with Crippen LogP contribution in [0, 0.1) is 19.8 Å². The molecule has 2 atom stereocenters. The van der Waals surface area contributed by atoms with Crippen LogP contribution in [0.25, 0.3) is 0 Å². The lowest BCUT2D eigenvalue weighted by molar-refractivity contribution is 0.567. The third kappa shape index (κ3) is 5.76. The first-order valence-corrected chi connectivity index (χ1v) is 9.08. The Balaban J connectivity index is 2.82. The van der Waals surface area contributed by atoms with Crippen molar-refractivity contribution in [1.82, 2.24) is 5.32 Å². The molecule has 1 N–H and O–H groups in total. The third-order valence-corrected chi connectivity index (χ3v) is 5.19. The summed E-state index contributed by atoms with van der Waals surface area (Å²) in [5, 5.41) is 3.54. The van der Waals surface area contributed by atoms with E-state index in [4.69, 9.17) is 0 Å². The number of hydrogen-bond donors (Lipinski definition) is 1. The molecule has 0 bridgehead atoms. The summed E-state index contributed by atoms with van der Waals surface area (Å²) >= 11 is 0. The van der Waals surface area contributed by atoms with Crippen LogP contribution in [-0.2, 0) is 10.8 Å². The Bertz CT molecular complexity index is 443. The molecule has 0 heterocycles. The van der Waals surface area contributed by atoms with E-state index in [1.165, 1.54) is 16.7 Å². The van der Waals surface area contributed by atoms with Gasteiger partial charge in [0.2, 0.25) is 0 Å². The van der Waals surface area contributed by atoms with Crippen molar-refractivity contribution in [2.75, 3.05) is 18.1 Å². The lowest BCUT2D eigenvalue weighted by atomic mass is 10.0. The van der Waals surface area contributed by atoms with Crippen LogP contribution in [0.1, 0.15) is 49.9 Å². The Morgan fingerprint density at radius 3 is 2.40 bits per heavy atom. The highest BCUT2D eigenvalue weighted by Crippen LogP contribution is 2.19. The van der Waals surface area contributed by atoms with E-state index < -0.39 is 10.8 Å². The van der Waals surface area contributed by atoms with Crippen molar-refractivity contribution in [3.8, 4) is 0 Å². The predicted molar refractivity (Wildman–Crippen MR) is 89.7 cm³/mol. The fourth-order valence-corrected chi connectivity index (χ4v) is 3.76. The van der Waals surface area contributed by atoms with Gasteiger partial charge in [-0.3, -0.25) is 4.21 Å². The van der Waals surface area contributed by atoms with Gasteiger partial charge in [0.15, 0.2) is 0 Å². The van der Waals surface area contributed by atoms with Crippen molar-refractivity contribution in [3.63, 3.8) is 0 Å². The normalized spacial score (nSPS) is 14.5. The summed E-state index contributed by atoms with van der Waals surface area (Å²) in [4.78, 5) is 0. The lowest BCUT2D eigenvalue weighted by Crippen LogP contribution is -2.28. The lowest BCUT2D eigenvalue weighted by Gasteiger charge is -2.20. The minimum atomic E-state index is -0.759. The van der Waals surface area contributed by atoms with E-state index in [1.807, 2.05) is 0 Å². The number of hydrogen-bond acceptors (Lipinski definition) is 2. The van der Waals surface area contributed by atoms with Gasteiger partial charge in [0, 0.05) is 28.3 Å². The third-order valence-electron chi connectivity index (χ3n) is 3.45. The molecule has 20 heavy (non-hydrogen) atoms. The molecule has 0 aliphatic heterocycles. The molecule has 0 radical (unpaired) electrons. The molecule has 0 saturated heterocycles. The highest BCUT2D eigenvalue weighted by atomic mass is 32.2. The maximum absolute atomic E-state index is 12.2. The molecular weight excluding hydrogens is 266 g/mol. The summed E-state index contributed by atoms with van der Waals surface area (Å²) in [6, 6.07) is 6.77. The van der Waals surface area contributed by atoms with Crippen LogP contribution >= 0.6 is 0 Å². The van der Waals surface area contributed by atoms with Crippen LogP contribution in [-0.4, -0.2) is 22.3 Å². The maximum atomic E-state index is 12.2. The molecule has 0 aliphatic rings. The van der Waals surface area contributed by atoms with Crippen molar-refractivity contribution < 1.29 is 4.21 Å². The Kier molecular flexibility index (Phi) is 7.46. The van der Waals surface area contributed by atoms with Crippen molar-refractivity contribution >= 4 is 10.8 Å². The zero-order chi connectivity index (χ0) is 15.1. The van der Waals surface area contributed by atoms with Crippen LogP contribution in [0.5, 0.6) is 0 Å². The van der Waals surface area contributed by atoms with Gasteiger partial charge in [-0.2, -0.15) is 0 Å². The first-order valence-electron chi connectivity index (χ1n) is 7.59. The molecule has 1 rings (SSSR count). The minimum absolute atomic E-state index is 0.203. The highest BCUT2D eigenvalue weighted by Gasteiger charge is 2.15. The molecule has 0 fully saturated rings. The van der Waals surface area contributed by atoms with Gasteiger partial charge < -0.3 is 5.32 Å². The van der Waals surface area contributed by atoms with E-state index in [2.05, 4.69) is 58.1 Å². The molecule has 0 amide bonds. The summed E-state index contributed by atoms with van der Waals surface area (Å²) in [7, 11) is -0.759. The molecule has 2 nitrogen and oxygen atoms in total. The minimum Gasteiger partial charge on any atom is -0.309 e. The van der Waals surface area contributed by atoms with E-state index in [0.29, 0.717) is 11.7 Å². The van der Waals surface area contributed by atoms with E-state index in [1.54, 1.807) is 0 Å². The van der Waals surface area contributed by atoms with Crippen molar-refractivity contribution in [2.45, 2.75) is 47.1 Å². The molecule has 114 valence electrons. The summed E-state index contributed by atoms with van der Waals surface area (Å²) in [5.74, 6) is 1.98. The number of rotatable bonds is 8. The number of benzene rings is 1. The first kappa shape index (κ1) is 17.4. The van der Waals surface area contributed by atoms with Gasteiger partial charge in [0.25, 0.3) is 0 Å². The van der Waals surface area contributed by atoms with Crippen LogP contribution in [0.3, 0.4) is 0 Å². The van der Waals surface area contributed by atoms with Crippen molar-refractivity contribution in [3.05, 3.63) is 34.9 Å². The van der Waals surface area contributed by atoms with Crippen molar-refractivity contribution in [2.24, 2.45) is 5.92 Å². The monoisotopic (exact) mass is 295 g/mol. The van der Waals surface area contributed by atoms with Crippen molar-refractivity contribution in [1.29, 1.82) is 0 Å². The van der Waals surface area contributed by atoms with E-state index in [9.17, 15) is 4.21 Å². The fraction of sp³-hybridized carbons (Fsp3) is 0.647. The largest absolute Gasteiger partial charge is 0.309 e. The summed E-state index contributed by atoms with van der Waals surface area (Å²) in [6.07, 6.45) is 1.10. The van der Waals surface area contributed by atoms with Gasteiger partial charge in [-0.15, -0.1) is 0 Å². The van der Waals surface area contributed by atoms with Gasteiger partial charge in [0.05, 0.1) is 0 Å². The number of aryl methyl sites for hydroxylation is 2. The van der Waals surface area contributed by atoms with Gasteiger partial charge in [0.1, 0.15) is 0 Å². The number of nitrogens with one attached hydrogen (secondary N) is 1. The van der Waals surface area contributed by atoms with Crippen LogP contribution < -0.4 is 5.32 Å². The fourth-order valence-electron chi connectivity index (χ4n) is 2.20. The zero-order valence-electron chi connectivity index (χ0n) is 13.5. The van der Waals surface area contributed by atoms with Gasteiger partial charge in [-0.05, 0) is 49.4 Å². The second-order valence-corrected chi connectivity index (χ2v) is 7.56. The predicted octanol–water partition coefficient (Wildman–Crippen LogP) is 3.75. The van der Waals surface area contributed by atoms with Crippen LogP contribution in [0.15, 0.2) is 18.2 Å². The Morgan fingerprint density at radius 1 is 1.15 bits per heavy atom. The highest BCUT2D eigenvalue weighted by molar-refractivity contribution is 7.85. The van der Waals surface area contributed by atoms with E-state index in [0.717, 1.165) is 18.7 Å². The van der Waals surface area contributed by atoms with Crippen LogP contribution in [0.2, 0.25) is 0 Å².